The van der Waals surface area contributed by atoms with Crippen molar-refractivity contribution in [3.63, 3.8) is 0 Å². The lowest BCUT2D eigenvalue weighted by molar-refractivity contribution is -0.139. The molecule has 0 heterocycles. The van der Waals surface area contributed by atoms with Crippen LogP contribution in [-0.4, -0.2) is 43.5 Å². The number of carboxylic acid groups (broad SMARTS) is 1. The van der Waals surface area contributed by atoms with E-state index in [1.807, 2.05) is 6.92 Å². The highest BCUT2D eigenvalue weighted by Crippen LogP contribution is 2.15. The lowest BCUT2D eigenvalue weighted by Crippen LogP contribution is -2.31. The van der Waals surface area contributed by atoms with Gasteiger partial charge >= 0.3 is 12.0 Å². The molecule has 0 saturated heterocycles. The number of ether oxygens (including phenoxy) is 2. The number of hydrogen-bond acceptors (Lipinski definition) is 4. The normalized spacial score (nSPS) is 9.85. The predicted octanol–water partition coefficient (Wildman–Crippen LogP) is 1.31. The van der Waals surface area contributed by atoms with E-state index in [4.69, 9.17) is 14.6 Å². The second-order valence-electron chi connectivity index (χ2n) is 3.78. The zero-order valence-electron chi connectivity index (χ0n) is 11.2. The summed E-state index contributed by atoms with van der Waals surface area (Å²) in [5, 5.41) is 13.7. The van der Waals surface area contributed by atoms with Crippen LogP contribution in [0.2, 0.25) is 0 Å². The van der Waals surface area contributed by atoms with E-state index in [1.165, 1.54) is 0 Å². The first-order valence-corrected chi connectivity index (χ1v) is 6.19. The van der Waals surface area contributed by atoms with Gasteiger partial charge in [-0.15, -0.1) is 0 Å². The number of nitrogens with one attached hydrogen (secondary N) is 2. The molecule has 7 nitrogen and oxygen atoms in total. The zero-order chi connectivity index (χ0) is 14.8. The minimum atomic E-state index is -1.04. The van der Waals surface area contributed by atoms with Crippen molar-refractivity contribution in [3.05, 3.63) is 24.3 Å². The number of carbonyl (C=O) groups is 2. The van der Waals surface area contributed by atoms with Crippen LogP contribution >= 0.6 is 0 Å². The highest BCUT2D eigenvalue weighted by atomic mass is 16.5. The molecule has 0 aliphatic carbocycles. The molecule has 1 aromatic rings. The van der Waals surface area contributed by atoms with E-state index in [0.717, 1.165) is 0 Å². The first-order chi connectivity index (χ1) is 9.61. The van der Waals surface area contributed by atoms with Crippen LogP contribution in [0, 0.1) is 0 Å². The van der Waals surface area contributed by atoms with E-state index in [0.29, 0.717) is 31.2 Å². The topological polar surface area (TPSA) is 96.9 Å². The fourth-order valence-electron chi connectivity index (χ4n) is 1.34. The van der Waals surface area contributed by atoms with Crippen molar-refractivity contribution in [2.24, 2.45) is 0 Å². The molecular formula is C13H18N2O5. The molecule has 0 bridgehead atoms. The summed E-state index contributed by atoms with van der Waals surface area (Å²) >= 11 is 0. The smallest absolute Gasteiger partial charge is 0.341 e. The fourth-order valence-corrected chi connectivity index (χ4v) is 1.34. The average Bonchev–Trinajstić information content (AvgIpc) is 2.43. The van der Waals surface area contributed by atoms with Crippen molar-refractivity contribution in [1.82, 2.24) is 5.32 Å². The number of aliphatic carboxylic acids is 1. The van der Waals surface area contributed by atoms with Crippen molar-refractivity contribution in [2.45, 2.75) is 6.92 Å². The maximum Gasteiger partial charge on any atom is 0.341 e. The molecule has 20 heavy (non-hydrogen) atoms. The van der Waals surface area contributed by atoms with E-state index in [1.54, 1.807) is 24.3 Å². The third-order valence-electron chi connectivity index (χ3n) is 2.21. The van der Waals surface area contributed by atoms with Crippen LogP contribution in [-0.2, 0) is 9.53 Å². The fraction of sp³-hybridized carbons (Fsp3) is 0.385. The van der Waals surface area contributed by atoms with Gasteiger partial charge in [0.05, 0.1) is 6.61 Å². The minimum Gasteiger partial charge on any atom is -0.482 e. The summed E-state index contributed by atoms with van der Waals surface area (Å²) in [4.78, 5) is 21.8. The second-order valence-corrected chi connectivity index (χ2v) is 3.78. The van der Waals surface area contributed by atoms with Gasteiger partial charge in [0.25, 0.3) is 0 Å². The van der Waals surface area contributed by atoms with Gasteiger partial charge < -0.3 is 25.2 Å². The van der Waals surface area contributed by atoms with Gasteiger partial charge in [-0.3, -0.25) is 0 Å². The van der Waals surface area contributed by atoms with Crippen molar-refractivity contribution in [2.75, 3.05) is 31.7 Å². The van der Waals surface area contributed by atoms with Gasteiger partial charge in [0.15, 0.2) is 6.61 Å². The Morgan fingerprint density at radius 3 is 2.55 bits per heavy atom. The highest BCUT2D eigenvalue weighted by molar-refractivity contribution is 5.89. The molecule has 3 N–H and O–H groups in total. The van der Waals surface area contributed by atoms with Crippen LogP contribution in [0.3, 0.4) is 0 Å². The molecule has 0 radical (unpaired) electrons. The second kappa shape index (κ2) is 8.76. The van der Waals surface area contributed by atoms with Crippen LogP contribution in [0.15, 0.2) is 24.3 Å². The van der Waals surface area contributed by atoms with Gasteiger partial charge in [-0.2, -0.15) is 0 Å². The largest absolute Gasteiger partial charge is 0.482 e. The molecule has 2 amide bonds. The van der Waals surface area contributed by atoms with Gasteiger partial charge in [-0.25, -0.2) is 9.59 Å². The van der Waals surface area contributed by atoms with E-state index >= 15 is 0 Å². The number of carboxylic acids is 1. The van der Waals surface area contributed by atoms with Crippen LogP contribution in [0.4, 0.5) is 10.5 Å². The molecule has 7 heteroatoms. The molecule has 0 aliphatic rings. The van der Waals surface area contributed by atoms with Crippen LogP contribution in [0.25, 0.3) is 0 Å². The Kier molecular flexibility index (Phi) is 6.91. The van der Waals surface area contributed by atoms with Crippen molar-refractivity contribution >= 4 is 17.7 Å². The third-order valence-corrected chi connectivity index (χ3v) is 2.21. The van der Waals surface area contributed by atoms with Crippen molar-refractivity contribution < 1.29 is 24.2 Å². The molecule has 0 fully saturated rings. The van der Waals surface area contributed by atoms with Gasteiger partial charge in [0.2, 0.25) is 0 Å². The Morgan fingerprint density at radius 1 is 1.25 bits per heavy atom. The summed E-state index contributed by atoms with van der Waals surface area (Å²) in [6, 6.07) is 6.08. The van der Waals surface area contributed by atoms with Gasteiger partial charge in [0.1, 0.15) is 5.75 Å². The number of urea groups is 1. The first-order valence-electron chi connectivity index (χ1n) is 6.19. The molecule has 0 spiro atoms. The standard InChI is InChI=1S/C13H18N2O5/c1-2-19-8-7-14-13(18)15-10-3-5-11(6-4-10)20-9-12(16)17/h3-6H,2,7-9H2,1H3,(H,16,17)(H2,14,15,18). The van der Waals surface area contributed by atoms with E-state index in [2.05, 4.69) is 10.6 Å². The molecule has 110 valence electrons. The Bertz CT molecular complexity index is 433. The number of carbonyl (C=O) groups excluding carboxylic acids is 1. The number of benzene rings is 1. The molecular weight excluding hydrogens is 264 g/mol. The monoisotopic (exact) mass is 282 g/mol. The van der Waals surface area contributed by atoms with E-state index in [-0.39, 0.29) is 6.03 Å². The Morgan fingerprint density at radius 2 is 1.95 bits per heavy atom. The summed E-state index contributed by atoms with van der Waals surface area (Å²) in [6.45, 7) is 2.99. The average molecular weight is 282 g/mol. The first kappa shape index (κ1) is 15.8. The molecule has 0 aliphatic heterocycles. The van der Waals surface area contributed by atoms with Gasteiger partial charge in [0, 0.05) is 18.8 Å². The zero-order valence-corrected chi connectivity index (χ0v) is 11.2. The van der Waals surface area contributed by atoms with Crippen LogP contribution in [0.5, 0.6) is 5.75 Å². The summed E-state index contributed by atoms with van der Waals surface area (Å²) in [7, 11) is 0. The molecule has 0 saturated carbocycles. The van der Waals surface area contributed by atoms with Gasteiger partial charge in [-0.05, 0) is 31.2 Å². The Hall–Kier alpha value is -2.28. The Labute approximate surface area is 116 Å². The highest BCUT2D eigenvalue weighted by Gasteiger charge is 2.02. The summed E-state index contributed by atoms with van der Waals surface area (Å²) < 4.78 is 10.1. The minimum absolute atomic E-state index is 0.330. The SMILES string of the molecule is CCOCCNC(=O)Nc1ccc(OCC(=O)O)cc1. The van der Waals surface area contributed by atoms with Crippen LogP contribution in [0.1, 0.15) is 6.92 Å². The quantitative estimate of drug-likeness (QED) is 0.625. The molecule has 0 atom stereocenters. The number of rotatable bonds is 8. The number of amides is 2. The summed E-state index contributed by atoms with van der Waals surface area (Å²) in [5.41, 5.74) is 0.585. The predicted molar refractivity (Wildman–Crippen MR) is 73.1 cm³/mol. The maximum absolute atomic E-state index is 11.5. The van der Waals surface area contributed by atoms with Gasteiger partial charge in [-0.1, -0.05) is 0 Å². The number of anilines is 1. The number of hydrogen-bond donors (Lipinski definition) is 3. The molecule has 1 rings (SSSR count). The third kappa shape index (κ3) is 6.60. The molecule has 0 unspecified atom stereocenters. The lowest BCUT2D eigenvalue weighted by Gasteiger charge is -2.08. The molecule has 1 aromatic carbocycles. The van der Waals surface area contributed by atoms with Crippen molar-refractivity contribution in [3.8, 4) is 5.75 Å². The maximum atomic E-state index is 11.5. The van der Waals surface area contributed by atoms with E-state index in [9.17, 15) is 9.59 Å². The van der Waals surface area contributed by atoms with E-state index < -0.39 is 12.6 Å². The van der Waals surface area contributed by atoms with Crippen molar-refractivity contribution in [1.29, 1.82) is 0 Å². The van der Waals surface area contributed by atoms with Crippen LogP contribution < -0.4 is 15.4 Å². The molecule has 0 aromatic heterocycles. The summed E-state index contributed by atoms with van der Waals surface area (Å²) in [5.74, 6) is -0.615. The lowest BCUT2D eigenvalue weighted by atomic mass is 10.3. The Balaban J connectivity index is 2.33. The summed E-state index contributed by atoms with van der Waals surface area (Å²) in [6.07, 6.45) is 0.